The van der Waals surface area contributed by atoms with Crippen LogP contribution in [-0.4, -0.2) is 48.8 Å². The molecule has 0 saturated carbocycles. The van der Waals surface area contributed by atoms with E-state index in [4.69, 9.17) is 9.47 Å². The summed E-state index contributed by atoms with van der Waals surface area (Å²) in [6.07, 6.45) is -0.0122. The molecule has 0 bridgehead atoms. The van der Waals surface area contributed by atoms with Gasteiger partial charge in [0.05, 0.1) is 19.8 Å². The third kappa shape index (κ3) is 7.71. The molecule has 0 aromatic heterocycles. The molecule has 9 heteroatoms. The molecule has 1 atom stereocenters. The van der Waals surface area contributed by atoms with E-state index in [1.165, 1.54) is 0 Å². The van der Waals surface area contributed by atoms with Gasteiger partial charge in [-0.15, -0.1) is 0 Å². The molecule has 0 radical (unpaired) electrons. The standard InChI is InChI=1S/C24H31N3O6/c1-14(2)33-19-10-15(3)21(16(4)11-19)22(28)27-20(23(29)30)13-26-24(31)25-12-17-6-8-18(32-5)9-7-17/h6-11,14,20H,12-13H2,1-5H3,(H,27,28)(H,29,30)(H2,25,26,31)/t20-/m0/s1. The minimum Gasteiger partial charge on any atom is -0.497 e. The predicted molar refractivity (Wildman–Crippen MR) is 124 cm³/mol. The third-order valence-electron chi connectivity index (χ3n) is 4.79. The Bertz CT molecular complexity index is 965. The van der Waals surface area contributed by atoms with Crippen LogP contribution in [0.3, 0.4) is 0 Å². The van der Waals surface area contributed by atoms with E-state index in [0.717, 1.165) is 5.56 Å². The Morgan fingerprint density at radius 3 is 2.09 bits per heavy atom. The number of carbonyl (C=O) groups excluding carboxylic acids is 2. The molecule has 0 spiro atoms. The van der Waals surface area contributed by atoms with Crippen molar-refractivity contribution in [2.24, 2.45) is 0 Å². The van der Waals surface area contributed by atoms with Crippen molar-refractivity contribution in [1.82, 2.24) is 16.0 Å². The first-order valence-corrected chi connectivity index (χ1v) is 10.6. The minimum atomic E-state index is -1.30. The number of aliphatic carboxylic acids is 1. The molecule has 33 heavy (non-hydrogen) atoms. The largest absolute Gasteiger partial charge is 0.497 e. The zero-order valence-corrected chi connectivity index (χ0v) is 19.5. The van der Waals surface area contributed by atoms with E-state index in [1.807, 2.05) is 26.0 Å². The summed E-state index contributed by atoms with van der Waals surface area (Å²) in [6, 6.07) is 8.80. The van der Waals surface area contributed by atoms with E-state index in [0.29, 0.717) is 28.2 Å². The molecule has 2 rings (SSSR count). The molecule has 0 aliphatic heterocycles. The second kappa shape index (κ2) is 11.8. The quantitative estimate of drug-likeness (QED) is 0.435. The van der Waals surface area contributed by atoms with E-state index < -0.39 is 23.9 Å². The van der Waals surface area contributed by atoms with Gasteiger partial charge >= 0.3 is 12.0 Å². The Kier molecular flexibility index (Phi) is 9.08. The summed E-state index contributed by atoms with van der Waals surface area (Å²) in [5.74, 6) is -0.444. The van der Waals surface area contributed by atoms with E-state index in [-0.39, 0.29) is 19.2 Å². The Labute approximate surface area is 193 Å². The zero-order valence-electron chi connectivity index (χ0n) is 19.5. The number of benzene rings is 2. The highest BCUT2D eigenvalue weighted by Gasteiger charge is 2.23. The van der Waals surface area contributed by atoms with Gasteiger partial charge < -0.3 is 30.5 Å². The van der Waals surface area contributed by atoms with Crippen LogP contribution in [0.5, 0.6) is 11.5 Å². The number of urea groups is 1. The number of aryl methyl sites for hydroxylation is 2. The summed E-state index contributed by atoms with van der Waals surface area (Å²) in [5.41, 5.74) is 2.56. The first-order chi connectivity index (χ1) is 15.6. The van der Waals surface area contributed by atoms with Gasteiger partial charge in [0.2, 0.25) is 0 Å². The van der Waals surface area contributed by atoms with Gasteiger partial charge in [-0.3, -0.25) is 4.79 Å². The molecule has 4 N–H and O–H groups in total. The van der Waals surface area contributed by atoms with Crippen LogP contribution in [-0.2, 0) is 11.3 Å². The number of carbonyl (C=O) groups is 3. The molecule has 2 aromatic carbocycles. The van der Waals surface area contributed by atoms with Crippen molar-refractivity contribution in [3.63, 3.8) is 0 Å². The number of hydrogen-bond donors (Lipinski definition) is 4. The normalized spacial score (nSPS) is 11.5. The van der Waals surface area contributed by atoms with Crippen molar-refractivity contribution in [3.05, 3.63) is 58.7 Å². The molecule has 178 valence electrons. The van der Waals surface area contributed by atoms with Crippen molar-refractivity contribution >= 4 is 17.9 Å². The van der Waals surface area contributed by atoms with E-state index in [2.05, 4.69) is 16.0 Å². The van der Waals surface area contributed by atoms with Crippen molar-refractivity contribution in [2.45, 2.75) is 46.4 Å². The van der Waals surface area contributed by atoms with Gasteiger partial charge in [-0.1, -0.05) is 12.1 Å². The molecular weight excluding hydrogens is 426 g/mol. The number of methoxy groups -OCH3 is 1. The maximum absolute atomic E-state index is 12.8. The highest BCUT2D eigenvalue weighted by Crippen LogP contribution is 2.23. The monoisotopic (exact) mass is 457 g/mol. The molecular formula is C24H31N3O6. The summed E-state index contributed by atoms with van der Waals surface area (Å²) in [5, 5.41) is 17.1. The van der Waals surface area contributed by atoms with Crippen LogP contribution in [0.1, 0.15) is 40.9 Å². The summed E-state index contributed by atoms with van der Waals surface area (Å²) in [4.78, 5) is 36.5. The topological polar surface area (TPSA) is 126 Å². The van der Waals surface area contributed by atoms with Gasteiger partial charge in [0.15, 0.2) is 0 Å². The van der Waals surface area contributed by atoms with Gasteiger partial charge in [-0.05, 0) is 68.7 Å². The fourth-order valence-corrected chi connectivity index (χ4v) is 3.24. The summed E-state index contributed by atoms with van der Waals surface area (Å²) in [6.45, 7) is 7.31. The Morgan fingerprint density at radius 2 is 1.58 bits per heavy atom. The van der Waals surface area contributed by atoms with Gasteiger partial charge in [0, 0.05) is 12.1 Å². The lowest BCUT2D eigenvalue weighted by atomic mass is 10.0. The number of nitrogens with one attached hydrogen (secondary N) is 3. The van der Waals surface area contributed by atoms with Gasteiger partial charge in [0.1, 0.15) is 17.5 Å². The molecule has 0 heterocycles. The first-order valence-electron chi connectivity index (χ1n) is 10.6. The summed E-state index contributed by atoms with van der Waals surface area (Å²) in [7, 11) is 1.57. The fourth-order valence-electron chi connectivity index (χ4n) is 3.24. The first kappa shape index (κ1) is 25.5. The lowest BCUT2D eigenvalue weighted by Crippen LogP contribution is -2.50. The Morgan fingerprint density at radius 1 is 0.970 bits per heavy atom. The van der Waals surface area contributed by atoms with Crippen LogP contribution >= 0.6 is 0 Å². The van der Waals surface area contributed by atoms with Crippen LogP contribution < -0.4 is 25.4 Å². The average Bonchev–Trinajstić information content (AvgIpc) is 2.74. The minimum absolute atomic E-state index is 0.0122. The lowest BCUT2D eigenvalue weighted by Gasteiger charge is -2.19. The van der Waals surface area contributed by atoms with E-state index >= 15 is 0 Å². The summed E-state index contributed by atoms with van der Waals surface area (Å²) < 4.78 is 10.8. The van der Waals surface area contributed by atoms with Gasteiger partial charge in [0.25, 0.3) is 5.91 Å². The summed E-state index contributed by atoms with van der Waals surface area (Å²) >= 11 is 0. The lowest BCUT2D eigenvalue weighted by molar-refractivity contribution is -0.139. The molecule has 0 saturated heterocycles. The zero-order chi connectivity index (χ0) is 24.5. The number of hydrogen-bond acceptors (Lipinski definition) is 5. The number of rotatable bonds is 10. The smallest absolute Gasteiger partial charge is 0.328 e. The van der Waals surface area contributed by atoms with Gasteiger partial charge in [-0.2, -0.15) is 0 Å². The second-order valence-corrected chi connectivity index (χ2v) is 7.87. The number of amides is 3. The van der Waals surface area contributed by atoms with Crippen molar-refractivity contribution in [2.75, 3.05) is 13.7 Å². The second-order valence-electron chi connectivity index (χ2n) is 7.87. The molecule has 0 aliphatic rings. The van der Waals surface area contributed by atoms with Crippen molar-refractivity contribution < 1.29 is 29.0 Å². The average molecular weight is 458 g/mol. The molecule has 2 aromatic rings. The Hall–Kier alpha value is -3.75. The van der Waals surface area contributed by atoms with Crippen LogP contribution in [0.4, 0.5) is 4.79 Å². The predicted octanol–water partition coefficient (Wildman–Crippen LogP) is 2.78. The number of ether oxygens (including phenoxy) is 2. The molecule has 9 nitrogen and oxygen atoms in total. The third-order valence-corrected chi connectivity index (χ3v) is 4.79. The van der Waals surface area contributed by atoms with Crippen LogP contribution in [0.15, 0.2) is 36.4 Å². The highest BCUT2D eigenvalue weighted by atomic mass is 16.5. The molecule has 0 unspecified atom stereocenters. The molecule has 0 aliphatic carbocycles. The fraction of sp³-hybridized carbons (Fsp3) is 0.375. The SMILES string of the molecule is COc1ccc(CNC(=O)NC[C@H](NC(=O)c2c(C)cc(OC(C)C)cc2C)C(=O)O)cc1. The van der Waals surface area contributed by atoms with Crippen LogP contribution in [0.2, 0.25) is 0 Å². The van der Waals surface area contributed by atoms with E-state index in [9.17, 15) is 19.5 Å². The van der Waals surface area contributed by atoms with Crippen molar-refractivity contribution in [3.8, 4) is 11.5 Å². The molecule has 3 amide bonds. The van der Waals surface area contributed by atoms with Crippen molar-refractivity contribution in [1.29, 1.82) is 0 Å². The maximum Gasteiger partial charge on any atom is 0.328 e. The maximum atomic E-state index is 12.8. The van der Waals surface area contributed by atoms with Crippen LogP contribution in [0, 0.1) is 13.8 Å². The van der Waals surface area contributed by atoms with Gasteiger partial charge in [-0.25, -0.2) is 9.59 Å². The Balaban J connectivity index is 1.95. The van der Waals surface area contributed by atoms with E-state index in [1.54, 1.807) is 45.2 Å². The van der Waals surface area contributed by atoms with Crippen LogP contribution in [0.25, 0.3) is 0 Å². The highest BCUT2D eigenvalue weighted by molar-refractivity contribution is 5.99. The number of carboxylic acids is 1. The molecule has 0 fully saturated rings. The number of carboxylic acid groups (broad SMARTS) is 1.